The van der Waals surface area contributed by atoms with Crippen LogP contribution < -0.4 is 19.3 Å². The number of nitrogens with one attached hydrogen (secondary N) is 1. The van der Waals surface area contributed by atoms with Crippen molar-refractivity contribution < 1.29 is 31.5 Å². The molecule has 0 saturated carbocycles. The highest BCUT2D eigenvalue weighted by Crippen LogP contribution is 2.35. The lowest BCUT2D eigenvalue weighted by molar-refractivity contribution is 0.0977. The first-order chi connectivity index (χ1) is 11.6. The molecule has 25 heavy (non-hydrogen) atoms. The molecule has 0 saturated heterocycles. The van der Waals surface area contributed by atoms with Crippen LogP contribution in [-0.2, 0) is 10.2 Å². The third-order valence-corrected chi connectivity index (χ3v) is 3.55. The minimum Gasteiger partial charge on any atom is -0.493 e. The van der Waals surface area contributed by atoms with Crippen LogP contribution in [0.3, 0.4) is 0 Å². The number of benzene rings is 2. The average Bonchev–Trinajstić information content (AvgIpc) is 2.50. The van der Waals surface area contributed by atoms with E-state index in [-0.39, 0.29) is 11.5 Å². The van der Waals surface area contributed by atoms with E-state index in [2.05, 4.69) is 5.14 Å². The van der Waals surface area contributed by atoms with Gasteiger partial charge in [-0.1, -0.05) is 11.6 Å². The van der Waals surface area contributed by atoms with Crippen molar-refractivity contribution in [2.75, 3.05) is 7.11 Å². The number of amides is 1. The number of carbonyl (C=O) groups is 1. The number of hydrogen-bond acceptors (Lipinski definition) is 5. The van der Waals surface area contributed by atoms with Gasteiger partial charge in [-0.2, -0.15) is 8.42 Å². The van der Waals surface area contributed by atoms with E-state index in [9.17, 15) is 22.0 Å². The summed E-state index contributed by atoms with van der Waals surface area (Å²) in [6, 6.07) is 5.29. The van der Waals surface area contributed by atoms with Crippen LogP contribution in [0, 0.1) is 11.6 Å². The second-order valence-corrected chi connectivity index (χ2v) is 6.37. The van der Waals surface area contributed by atoms with E-state index in [1.54, 1.807) is 0 Å². The Bertz CT molecular complexity index is 937. The van der Waals surface area contributed by atoms with Gasteiger partial charge in [0.25, 0.3) is 16.1 Å². The van der Waals surface area contributed by atoms with Gasteiger partial charge in [-0.05, 0) is 18.2 Å². The van der Waals surface area contributed by atoms with Crippen LogP contribution in [0.2, 0.25) is 5.02 Å². The predicted octanol–water partition coefficient (Wildman–Crippen LogP) is 2.35. The SMILES string of the molecule is COc1cc(Cl)ccc1Oc1cc(F)c(C(=O)NS(N)(=O)=O)cc1F. The molecule has 2 rings (SSSR count). The van der Waals surface area contributed by atoms with Gasteiger partial charge in [0.1, 0.15) is 5.82 Å². The smallest absolute Gasteiger partial charge is 0.298 e. The largest absolute Gasteiger partial charge is 0.493 e. The van der Waals surface area contributed by atoms with Gasteiger partial charge in [0.2, 0.25) is 0 Å². The zero-order valence-electron chi connectivity index (χ0n) is 12.5. The van der Waals surface area contributed by atoms with Crippen molar-refractivity contribution in [1.29, 1.82) is 0 Å². The summed E-state index contributed by atoms with van der Waals surface area (Å²) in [6.07, 6.45) is 0. The van der Waals surface area contributed by atoms with Gasteiger partial charge in [0.15, 0.2) is 23.1 Å². The van der Waals surface area contributed by atoms with Crippen molar-refractivity contribution in [3.8, 4) is 17.2 Å². The molecule has 0 radical (unpaired) electrons. The highest BCUT2D eigenvalue weighted by molar-refractivity contribution is 7.87. The molecular formula is C14H11ClF2N2O5S. The summed E-state index contributed by atoms with van der Waals surface area (Å²) < 4.78 is 61.3. The predicted molar refractivity (Wildman–Crippen MR) is 85.0 cm³/mol. The van der Waals surface area contributed by atoms with E-state index in [0.29, 0.717) is 17.2 Å². The standard InChI is InChI=1S/C14H11ClF2N2O5S/c1-23-13-4-7(15)2-3-11(13)24-12-6-9(16)8(5-10(12)17)14(20)19-25(18,21)22/h2-6H,1H3,(H,19,20)(H2,18,21,22). The Labute approximate surface area is 146 Å². The Balaban J connectivity index is 2.36. The molecule has 0 aromatic heterocycles. The fourth-order valence-corrected chi connectivity index (χ4v) is 2.34. The van der Waals surface area contributed by atoms with Crippen molar-refractivity contribution >= 4 is 27.7 Å². The molecule has 0 fully saturated rings. The Morgan fingerprint density at radius 1 is 1.12 bits per heavy atom. The quantitative estimate of drug-likeness (QED) is 0.812. The zero-order valence-corrected chi connectivity index (χ0v) is 14.1. The molecule has 1 amide bonds. The van der Waals surface area contributed by atoms with Crippen LogP contribution in [0.4, 0.5) is 8.78 Å². The first kappa shape index (κ1) is 18.9. The molecule has 7 nitrogen and oxygen atoms in total. The first-order valence-corrected chi connectivity index (χ1v) is 8.38. The number of hydrogen-bond donors (Lipinski definition) is 2. The summed E-state index contributed by atoms with van der Waals surface area (Å²) >= 11 is 5.79. The van der Waals surface area contributed by atoms with Crippen LogP contribution in [0.1, 0.15) is 10.4 Å². The molecule has 134 valence electrons. The van der Waals surface area contributed by atoms with E-state index in [1.807, 2.05) is 0 Å². The summed E-state index contributed by atoms with van der Waals surface area (Å²) in [5.74, 6) is -4.08. The second-order valence-electron chi connectivity index (χ2n) is 4.64. The molecule has 0 aliphatic heterocycles. The molecule has 3 N–H and O–H groups in total. The Hall–Kier alpha value is -2.43. The van der Waals surface area contributed by atoms with Crippen LogP contribution in [-0.4, -0.2) is 21.4 Å². The van der Waals surface area contributed by atoms with Crippen molar-refractivity contribution in [3.63, 3.8) is 0 Å². The van der Waals surface area contributed by atoms with Gasteiger partial charge in [-0.25, -0.2) is 18.6 Å². The third-order valence-electron chi connectivity index (χ3n) is 2.85. The van der Waals surface area contributed by atoms with Crippen molar-refractivity contribution in [1.82, 2.24) is 4.72 Å². The highest BCUT2D eigenvalue weighted by atomic mass is 35.5. The van der Waals surface area contributed by atoms with Crippen LogP contribution in [0.25, 0.3) is 0 Å². The molecule has 0 aliphatic rings. The molecular weight excluding hydrogens is 382 g/mol. The van der Waals surface area contributed by atoms with Crippen molar-refractivity contribution in [3.05, 3.63) is 52.6 Å². The lowest BCUT2D eigenvalue weighted by Crippen LogP contribution is -2.36. The fourth-order valence-electron chi connectivity index (χ4n) is 1.81. The average molecular weight is 393 g/mol. The number of nitrogens with two attached hydrogens (primary N) is 1. The van der Waals surface area contributed by atoms with Crippen LogP contribution >= 0.6 is 11.6 Å². The Kier molecular flexibility index (Phi) is 5.45. The van der Waals surface area contributed by atoms with Gasteiger partial charge in [-0.3, -0.25) is 4.79 Å². The van der Waals surface area contributed by atoms with E-state index in [0.717, 1.165) is 0 Å². The van der Waals surface area contributed by atoms with Gasteiger partial charge in [0.05, 0.1) is 12.7 Å². The minimum absolute atomic E-state index is 0.0481. The van der Waals surface area contributed by atoms with Crippen LogP contribution in [0.15, 0.2) is 30.3 Å². The zero-order chi connectivity index (χ0) is 18.8. The number of carbonyl (C=O) groups excluding carboxylic acids is 1. The molecule has 0 atom stereocenters. The van der Waals surface area contributed by atoms with Gasteiger partial charge < -0.3 is 9.47 Å². The number of halogens is 3. The van der Waals surface area contributed by atoms with Crippen molar-refractivity contribution in [2.24, 2.45) is 5.14 Å². The maximum atomic E-state index is 14.1. The third kappa shape index (κ3) is 4.78. The summed E-state index contributed by atoms with van der Waals surface area (Å²) in [4.78, 5) is 11.6. The molecule has 0 unspecified atom stereocenters. The van der Waals surface area contributed by atoms with E-state index < -0.39 is 39.1 Å². The number of methoxy groups -OCH3 is 1. The number of ether oxygens (including phenoxy) is 2. The molecule has 0 heterocycles. The molecule has 0 spiro atoms. The highest BCUT2D eigenvalue weighted by Gasteiger charge is 2.20. The summed E-state index contributed by atoms with van der Waals surface area (Å²) in [7, 11) is -3.09. The summed E-state index contributed by atoms with van der Waals surface area (Å²) in [6.45, 7) is 0. The maximum Gasteiger partial charge on any atom is 0.298 e. The lowest BCUT2D eigenvalue weighted by Gasteiger charge is -2.12. The molecule has 2 aromatic carbocycles. The normalized spacial score (nSPS) is 11.1. The molecule has 11 heteroatoms. The van der Waals surface area contributed by atoms with Gasteiger partial charge >= 0.3 is 0 Å². The van der Waals surface area contributed by atoms with E-state index in [4.69, 9.17) is 21.1 Å². The van der Waals surface area contributed by atoms with Gasteiger partial charge in [0, 0.05) is 17.2 Å². The minimum atomic E-state index is -4.42. The Morgan fingerprint density at radius 2 is 1.80 bits per heavy atom. The molecule has 0 bridgehead atoms. The lowest BCUT2D eigenvalue weighted by atomic mass is 10.2. The summed E-state index contributed by atoms with van der Waals surface area (Å²) in [5, 5.41) is 4.95. The second kappa shape index (κ2) is 7.21. The number of rotatable bonds is 5. The maximum absolute atomic E-state index is 14.1. The monoisotopic (exact) mass is 392 g/mol. The topological polar surface area (TPSA) is 108 Å². The molecule has 2 aromatic rings. The van der Waals surface area contributed by atoms with E-state index >= 15 is 0 Å². The van der Waals surface area contributed by atoms with Gasteiger partial charge in [-0.15, -0.1) is 0 Å². The summed E-state index contributed by atoms with van der Waals surface area (Å²) in [5.41, 5.74) is -0.859. The first-order valence-electron chi connectivity index (χ1n) is 6.46. The van der Waals surface area contributed by atoms with Crippen LogP contribution in [0.5, 0.6) is 17.2 Å². The van der Waals surface area contributed by atoms with Crippen molar-refractivity contribution in [2.45, 2.75) is 0 Å². The molecule has 0 aliphatic carbocycles. The van der Waals surface area contributed by atoms with E-state index in [1.165, 1.54) is 30.0 Å². The Morgan fingerprint density at radius 3 is 2.40 bits per heavy atom. The fraction of sp³-hybridized carbons (Fsp3) is 0.0714.